The molecule has 160 valence electrons. The lowest BCUT2D eigenvalue weighted by molar-refractivity contribution is -0.137. The summed E-state index contributed by atoms with van der Waals surface area (Å²) in [5, 5.41) is 7.06. The van der Waals surface area contributed by atoms with E-state index >= 15 is 0 Å². The van der Waals surface area contributed by atoms with Crippen LogP contribution in [0.25, 0.3) is 5.65 Å². The number of alkyl halides is 3. The summed E-state index contributed by atoms with van der Waals surface area (Å²) in [5.41, 5.74) is 6.28. The van der Waals surface area contributed by atoms with Gasteiger partial charge in [-0.05, 0) is 31.2 Å². The van der Waals surface area contributed by atoms with Crippen LogP contribution < -0.4 is 16.4 Å². The van der Waals surface area contributed by atoms with Gasteiger partial charge in [0.05, 0.1) is 30.2 Å². The number of rotatable bonds is 5. The first-order valence-corrected chi connectivity index (χ1v) is 9.82. The molecule has 3 heterocycles. The minimum absolute atomic E-state index is 0.170. The normalized spacial score (nSPS) is 12.6. The van der Waals surface area contributed by atoms with Gasteiger partial charge in [-0.15, -0.1) is 0 Å². The number of imidazole rings is 1. The van der Waals surface area contributed by atoms with Crippen molar-refractivity contribution in [1.82, 2.24) is 24.7 Å². The zero-order valence-corrected chi connectivity index (χ0v) is 16.8. The summed E-state index contributed by atoms with van der Waals surface area (Å²) in [6, 6.07) is 4.28. The quantitative estimate of drug-likeness (QED) is 0.426. The lowest BCUT2D eigenvalue weighted by Gasteiger charge is -2.11. The Morgan fingerprint density at radius 3 is 2.58 bits per heavy atom. The number of benzene rings is 1. The number of nitrogens with one attached hydrogen (secondary N) is 2. The van der Waals surface area contributed by atoms with Gasteiger partial charge in [0.15, 0.2) is 5.65 Å². The van der Waals surface area contributed by atoms with E-state index in [4.69, 9.17) is 5.73 Å². The predicted molar refractivity (Wildman–Crippen MR) is 110 cm³/mol. The Labute approximate surface area is 178 Å². The largest absolute Gasteiger partial charge is 0.416 e. The molecule has 4 rings (SSSR count). The first-order valence-electron chi connectivity index (χ1n) is 9.00. The van der Waals surface area contributed by atoms with Gasteiger partial charge in [0.1, 0.15) is 21.5 Å². The third-order valence-electron chi connectivity index (χ3n) is 4.38. The Balaban J connectivity index is 1.42. The molecule has 0 saturated heterocycles. The van der Waals surface area contributed by atoms with Gasteiger partial charge in [-0.25, -0.2) is 15.0 Å². The summed E-state index contributed by atoms with van der Waals surface area (Å²) < 4.78 is 39.6. The molecule has 12 heteroatoms. The highest BCUT2D eigenvalue weighted by Gasteiger charge is 2.30. The van der Waals surface area contributed by atoms with Crippen molar-refractivity contribution in [3.63, 3.8) is 0 Å². The van der Waals surface area contributed by atoms with Gasteiger partial charge in [-0.2, -0.15) is 13.2 Å². The van der Waals surface area contributed by atoms with Crippen molar-refractivity contribution < 1.29 is 18.0 Å². The van der Waals surface area contributed by atoms with Crippen molar-refractivity contribution in [3.8, 4) is 0 Å². The molecule has 1 amide bonds. The minimum atomic E-state index is -4.38. The van der Waals surface area contributed by atoms with Crippen LogP contribution in [-0.4, -0.2) is 25.3 Å². The van der Waals surface area contributed by atoms with Crippen LogP contribution in [0.4, 0.5) is 29.7 Å². The molecule has 4 aromatic rings. The molecule has 31 heavy (non-hydrogen) atoms. The summed E-state index contributed by atoms with van der Waals surface area (Å²) in [4.78, 5) is 25.0. The third-order valence-corrected chi connectivity index (χ3v) is 5.47. The zero-order valence-electron chi connectivity index (χ0n) is 16.0. The highest BCUT2D eigenvalue weighted by Crippen LogP contribution is 2.31. The molecule has 0 spiro atoms. The van der Waals surface area contributed by atoms with Crippen molar-refractivity contribution in [2.24, 2.45) is 0 Å². The van der Waals surface area contributed by atoms with E-state index in [-0.39, 0.29) is 5.69 Å². The smallest absolute Gasteiger partial charge is 0.383 e. The number of carbonyl (C=O) groups excluding carboxylic acids is 1. The summed E-state index contributed by atoms with van der Waals surface area (Å²) in [6.07, 6.45) is 1.59. The van der Waals surface area contributed by atoms with Gasteiger partial charge in [-0.1, -0.05) is 11.3 Å². The maximum atomic E-state index is 12.7. The van der Waals surface area contributed by atoms with Crippen molar-refractivity contribution in [2.75, 3.05) is 11.1 Å². The van der Waals surface area contributed by atoms with Gasteiger partial charge >= 0.3 is 6.18 Å². The number of anilines is 3. The van der Waals surface area contributed by atoms with Crippen LogP contribution in [0.2, 0.25) is 0 Å². The van der Waals surface area contributed by atoms with E-state index in [0.717, 1.165) is 12.1 Å². The number of nitrogens with zero attached hydrogens (tertiary/aromatic N) is 4. The number of fused-ring (bicyclic) bond motifs is 1. The molecule has 8 nitrogen and oxygen atoms in total. The summed E-state index contributed by atoms with van der Waals surface area (Å²) in [7, 11) is 0. The summed E-state index contributed by atoms with van der Waals surface area (Å²) in [6.45, 7) is 1.77. The van der Waals surface area contributed by atoms with E-state index in [1.807, 2.05) is 0 Å². The second kappa shape index (κ2) is 7.87. The Morgan fingerprint density at radius 2 is 1.87 bits per heavy atom. The third kappa shape index (κ3) is 4.43. The molecule has 3 aromatic heterocycles. The first-order chi connectivity index (χ1) is 14.7. The summed E-state index contributed by atoms with van der Waals surface area (Å²) in [5.74, 6) is -0.0200. The molecular formula is C19H16F3N7OS. The number of thiazole rings is 1. The SMILES string of the molecule is CC(NC(=O)c1cn2c(N)cnc2cn1)c1ncc(Nc2ccc(C(F)(F)F)cc2)s1. The average molecular weight is 447 g/mol. The van der Waals surface area contributed by atoms with Crippen LogP contribution >= 0.6 is 11.3 Å². The molecule has 1 unspecified atom stereocenters. The molecule has 0 aliphatic carbocycles. The van der Waals surface area contributed by atoms with Gasteiger partial charge in [0.2, 0.25) is 0 Å². The topological polar surface area (TPSA) is 110 Å². The van der Waals surface area contributed by atoms with Crippen LogP contribution in [0.15, 0.2) is 49.1 Å². The van der Waals surface area contributed by atoms with Crippen molar-refractivity contribution in [1.29, 1.82) is 0 Å². The maximum absolute atomic E-state index is 12.7. The van der Waals surface area contributed by atoms with Crippen LogP contribution in [0, 0.1) is 0 Å². The van der Waals surface area contributed by atoms with Crippen molar-refractivity contribution in [3.05, 3.63) is 65.3 Å². The Kier molecular flexibility index (Phi) is 5.23. The van der Waals surface area contributed by atoms with Crippen LogP contribution in [0.3, 0.4) is 0 Å². The Morgan fingerprint density at radius 1 is 1.13 bits per heavy atom. The number of carbonyl (C=O) groups is 1. The lowest BCUT2D eigenvalue weighted by Crippen LogP contribution is -2.27. The summed E-state index contributed by atoms with van der Waals surface area (Å²) >= 11 is 1.27. The average Bonchev–Trinajstić information content (AvgIpc) is 3.34. The molecule has 0 saturated carbocycles. The molecule has 1 aromatic carbocycles. The van der Waals surface area contributed by atoms with E-state index in [9.17, 15) is 18.0 Å². The standard InChI is InChI=1S/C19H16F3N7OS/c1-10(27-17(30)13-9-29-14(23)6-25-15(29)7-24-13)18-26-8-16(31-18)28-12-4-2-11(3-5-12)19(20,21)22/h2-10,28H,23H2,1H3,(H,27,30). The number of aromatic nitrogens is 4. The number of nitrogens with two attached hydrogens (primary N) is 1. The Hall–Kier alpha value is -3.67. The fraction of sp³-hybridized carbons (Fsp3) is 0.158. The van der Waals surface area contributed by atoms with Gasteiger partial charge < -0.3 is 16.4 Å². The van der Waals surface area contributed by atoms with E-state index in [2.05, 4.69) is 25.6 Å². The van der Waals surface area contributed by atoms with Crippen molar-refractivity contribution >= 4 is 39.4 Å². The minimum Gasteiger partial charge on any atom is -0.383 e. The molecule has 0 aliphatic heterocycles. The van der Waals surface area contributed by atoms with Crippen molar-refractivity contribution in [2.45, 2.75) is 19.1 Å². The number of hydrogen-bond acceptors (Lipinski definition) is 7. The fourth-order valence-electron chi connectivity index (χ4n) is 2.79. The second-order valence-electron chi connectivity index (χ2n) is 6.64. The van der Waals surface area contributed by atoms with E-state index in [1.54, 1.807) is 17.5 Å². The molecular weight excluding hydrogens is 431 g/mol. The predicted octanol–water partition coefficient (Wildman–Crippen LogP) is 4.02. The monoisotopic (exact) mass is 447 g/mol. The van der Waals surface area contributed by atoms with Gasteiger partial charge in [-0.3, -0.25) is 9.20 Å². The highest BCUT2D eigenvalue weighted by atomic mass is 32.1. The molecule has 0 bridgehead atoms. The van der Waals surface area contributed by atoms with E-state index in [1.165, 1.54) is 42.1 Å². The zero-order chi connectivity index (χ0) is 22.2. The van der Waals surface area contributed by atoms with Gasteiger partial charge in [0.25, 0.3) is 5.91 Å². The molecule has 1 atom stereocenters. The van der Waals surface area contributed by atoms with E-state index < -0.39 is 23.7 Å². The fourth-order valence-corrected chi connectivity index (χ4v) is 3.63. The Bertz CT molecular complexity index is 1230. The second-order valence-corrected chi connectivity index (χ2v) is 7.70. The van der Waals surface area contributed by atoms with E-state index in [0.29, 0.717) is 27.2 Å². The molecule has 0 radical (unpaired) electrons. The van der Waals surface area contributed by atoms with Crippen LogP contribution in [-0.2, 0) is 6.18 Å². The molecule has 0 aliphatic rings. The molecule has 4 N–H and O–H groups in total. The highest BCUT2D eigenvalue weighted by molar-refractivity contribution is 7.15. The number of nitrogen functional groups attached to an aromatic ring is 1. The van der Waals surface area contributed by atoms with Gasteiger partial charge in [0, 0.05) is 11.9 Å². The maximum Gasteiger partial charge on any atom is 0.416 e. The van der Waals surface area contributed by atoms with Crippen LogP contribution in [0.5, 0.6) is 0 Å². The number of halogens is 3. The molecule has 0 fully saturated rings. The number of amides is 1. The first kappa shape index (κ1) is 20.6. The number of hydrogen-bond donors (Lipinski definition) is 3. The lowest BCUT2D eigenvalue weighted by atomic mass is 10.2. The van der Waals surface area contributed by atoms with Crippen LogP contribution in [0.1, 0.15) is 34.0 Å².